The van der Waals surface area contributed by atoms with Crippen molar-refractivity contribution in [3.63, 3.8) is 0 Å². The predicted octanol–water partition coefficient (Wildman–Crippen LogP) is 3.70. The molecule has 3 aromatic heterocycles. The molecule has 0 aliphatic carbocycles. The maximum absolute atomic E-state index is 9.43. The molecule has 0 spiro atoms. The molecule has 1 fully saturated rings. The monoisotopic (exact) mass is 488 g/mol. The van der Waals surface area contributed by atoms with E-state index in [0.717, 1.165) is 59.2 Å². The number of rotatable bonds is 5. The number of hydrogen-bond acceptors (Lipinski definition) is 7. The van der Waals surface area contributed by atoms with Gasteiger partial charge in [-0.15, -0.1) is 0 Å². The van der Waals surface area contributed by atoms with Crippen LogP contribution in [0.4, 0.5) is 17.3 Å². The number of nitriles is 1. The van der Waals surface area contributed by atoms with Crippen molar-refractivity contribution in [3.05, 3.63) is 76.7 Å². The molecule has 4 heterocycles. The third-order valence-corrected chi connectivity index (χ3v) is 6.14. The standard InChI is InChI=1S/C23H21BrN8/c24-19-16-28-32-21(27-15-17-4-3-7-26-14-17)12-22(29-23(19)32)31-10-8-30(9-11-31)20-6-2-1-5-18(20)13-25/h1-7,12,14,16,27H,8-11,15H2. The molecule has 0 radical (unpaired) electrons. The smallest absolute Gasteiger partial charge is 0.173 e. The fraction of sp³-hybridized carbons (Fsp3) is 0.217. The van der Waals surface area contributed by atoms with E-state index >= 15 is 0 Å². The zero-order chi connectivity index (χ0) is 21.9. The number of anilines is 3. The van der Waals surface area contributed by atoms with Gasteiger partial charge in [-0.2, -0.15) is 14.9 Å². The number of halogens is 1. The van der Waals surface area contributed by atoms with Gasteiger partial charge < -0.3 is 15.1 Å². The first kappa shape index (κ1) is 20.3. The van der Waals surface area contributed by atoms with E-state index in [1.807, 2.05) is 53.2 Å². The van der Waals surface area contributed by atoms with Crippen LogP contribution in [0.25, 0.3) is 5.65 Å². The van der Waals surface area contributed by atoms with E-state index in [1.54, 1.807) is 12.4 Å². The highest BCUT2D eigenvalue weighted by atomic mass is 79.9. The van der Waals surface area contributed by atoms with Gasteiger partial charge in [-0.05, 0) is 39.7 Å². The molecule has 4 aromatic rings. The zero-order valence-electron chi connectivity index (χ0n) is 17.3. The minimum absolute atomic E-state index is 0.641. The van der Waals surface area contributed by atoms with Crippen LogP contribution in [0.15, 0.2) is 65.5 Å². The second kappa shape index (κ2) is 8.85. The van der Waals surface area contributed by atoms with E-state index in [2.05, 4.69) is 47.2 Å². The largest absolute Gasteiger partial charge is 0.367 e. The number of hydrogen-bond donors (Lipinski definition) is 1. The molecule has 1 N–H and O–H groups in total. The number of fused-ring (bicyclic) bond motifs is 1. The van der Waals surface area contributed by atoms with Gasteiger partial charge in [0.05, 0.1) is 21.9 Å². The Kier molecular flexibility index (Phi) is 5.60. The Hall–Kier alpha value is -3.64. The van der Waals surface area contributed by atoms with Crippen LogP contribution in [0.2, 0.25) is 0 Å². The van der Waals surface area contributed by atoms with Gasteiger partial charge in [-0.3, -0.25) is 4.98 Å². The van der Waals surface area contributed by atoms with E-state index in [-0.39, 0.29) is 0 Å². The predicted molar refractivity (Wildman–Crippen MR) is 128 cm³/mol. The van der Waals surface area contributed by atoms with Gasteiger partial charge in [0, 0.05) is 51.2 Å². The van der Waals surface area contributed by atoms with Crippen LogP contribution in [0.1, 0.15) is 11.1 Å². The second-order valence-corrected chi connectivity index (χ2v) is 8.40. The Morgan fingerprint density at radius 1 is 1.03 bits per heavy atom. The van der Waals surface area contributed by atoms with E-state index < -0.39 is 0 Å². The van der Waals surface area contributed by atoms with Crippen LogP contribution in [0.5, 0.6) is 0 Å². The molecular weight excluding hydrogens is 468 g/mol. The van der Waals surface area contributed by atoms with Gasteiger partial charge in [0.2, 0.25) is 0 Å². The van der Waals surface area contributed by atoms with Crippen molar-refractivity contribution in [2.24, 2.45) is 0 Å². The molecule has 0 bridgehead atoms. The third-order valence-electron chi connectivity index (χ3n) is 5.58. The lowest BCUT2D eigenvalue weighted by molar-refractivity contribution is 0.646. The van der Waals surface area contributed by atoms with Crippen molar-refractivity contribution in [3.8, 4) is 6.07 Å². The van der Waals surface area contributed by atoms with Gasteiger partial charge in [0.15, 0.2) is 5.65 Å². The summed E-state index contributed by atoms with van der Waals surface area (Å²) in [7, 11) is 0. The molecule has 1 aliphatic rings. The summed E-state index contributed by atoms with van der Waals surface area (Å²) in [6.45, 7) is 3.92. The molecule has 0 unspecified atom stereocenters. The number of para-hydroxylation sites is 1. The average Bonchev–Trinajstić information content (AvgIpc) is 3.24. The maximum atomic E-state index is 9.43. The molecule has 0 atom stereocenters. The Bertz CT molecular complexity index is 1270. The minimum atomic E-state index is 0.641. The maximum Gasteiger partial charge on any atom is 0.173 e. The Balaban J connectivity index is 1.37. The van der Waals surface area contributed by atoms with Crippen molar-refractivity contribution < 1.29 is 0 Å². The molecule has 8 nitrogen and oxygen atoms in total. The molecule has 160 valence electrons. The highest BCUT2D eigenvalue weighted by molar-refractivity contribution is 9.10. The fourth-order valence-corrected chi connectivity index (χ4v) is 4.28. The summed E-state index contributed by atoms with van der Waals surface area (Å²) in [5, 5.41) is 17.4. The summed E-state index contributed by atoms with van der Waals surface area (Å²) in [5.74, 6) is 1.78. The molecule has 32 heavy (non-hydrogen) atoms. The summed E-state index contributed by atoms with van der Waals surface area (Å²) >= 11 is 3.57. The quantitative estimate of drug-likeness (QED) is 0.458. The van der Waals surface area contributed by atoms with Crippen molar-refractivity contribution in [1.82, 2.24) is 19.6 Å². The van der Waals surface area contributed by atoms with Gasteiger partial charge in [0.1, 0.15) is 17.7 Å². The molecular formula is C23H21BrN8. The van der Waals surface area contributed by atoms with E-state index in [0.29, 0.717) is 12.1 Å². The highest BCUT2D eigenvalue weighted by Gasteiger charge is 2.22. The number of piperazine rings is 1. The van der Waals surface area contributed by atoms with Crippen LogP contribution < -0.4 is 15.1 Å². The zero-order valence-corrected chi connectivity index (χ0v) is 18.9. The van der Waals surface area contributed by atoms with E-state index in [4.69, 9.17) is 4.98 Å². The van der Waals surface area contributed by atoms with Gasteiger partial charge in [-0.25, -0.2) is 4.98 Å². The lowest BCUT2D eigenvalue weighted by Gasteiger charge is -2.37. The second-order valence-electron chi connectivity index (χ2n) is 7.55. The Morgan fingerprint density at radius 2 is 1.84 bits per heavy atom. The number of benzene rings is 1. The molecule has 0 saturated carbocycles. The summed E-state index contributed by atoms with van der Waals surface area (Å²) in [6.07, 6.45) is 5.38. The van der Waals surface area contributed by atoms with Crippen molar-refractivity contribution in [2.75, 3.05) is 41.3 Å². The van der Waals surface area contributed by atoms with Crippen molar-refractivity contribution in [1.29, 1.82) is 5.26 Å². The number of nitrogens with zero attached hydrogens (tertiary/aromatic N) is 7. The summed E-state index contributed by atoms with van der Waals surface area (Å²) in [6, 6.07) is 16.1. The summed E-state index contributed by atoms with van der Waals surface area (Å²) in [4.78, 5) is 13.6. The lowest BCUT2D eigenvalue weighted by atomic mass is 10.1. The number of pyridine rings is 1. The normalized spacial score (nSPS) is 13.9. The van der Waals surface area contributed by atoms with Gasteiger partial charge in [0.25, 0.3) is 0 Å². The molecule has 0 amide bonds. The molecule has 1 aliphatic heterocycles. The first-order valence-corrected chi connectivity index (χ1v) is 11.2. The van der Waals surface area contributed by atoms with Gasteiger partial charge >= 0.3 is 0 Å². The molecule has 9 heteroatoms. The fourth-order valence-electron chi connectivity index (χ4n) is 3.93. The lowest BCUT2D eigenvalue weighted by Crippen LogP contribution is -2.47. The third kappa shape index (κ3) is 3.97. The molecule has 1 aromatic carbocycles. The SMILES string of the molecule is N#Cc1ccccc1N1CCN(c2cc(NCc3cccnc3)n3ncc(Br)c3n2)CC1. The molecule has 1 saturated heterocycles. The Morgan fingerprint density at radius 3 is 2.62 bits per heavy atom. The van der Waals surface area contributed by atoms with Crippen LogP contribution in [0, 0.1) is 11.3 Å². The van der Waals surface area contributed by atoms with E-state index in [1.165, 1.54) is 0 Å². The number of aromatic nitrogens is 4. The van der Waals surface area contributed by atoms with Crippen LogP contribution in [-0.2, 0) is 6.54 Å². The number of nitrogens with one attached hydrogen (secondary N) is 1. The van der Waals surface area contributed by atoms with Crippen molar-refractivity contribution in [2.45, 2.75) is 6.54 Å². The topological polar surface area (TPSA) is 85.4 Å². The average molecular weight is 489 g/mol. The Labute approximate surface area is 194 Å². The van der Waals surface area contributed by atoms with Crippen LogP contribution >= 0.6 is 15.9 Å². The van der Waals surface area contributed by atoms with E-state index in [9.17, 15) is 5.26 Å². The first-order chi connectivity index (χ1) is 15.7. The van der Waals surface area contributed by atoms with Crippen LogP contribution in [0.3, 0.4) is 0 Å². The summed E-state index contributed by atoms with van der Waals surface area (Å²) < 4.78 is 2.66. The van der Waals surface area contributed by atoms with Crippen molar-refractivity contribution >= 4 is 38.9 Å². The molecule has 5 rings (SSSR count). The van der Waals surface area contributed by atoms with Crippen LogP contribution in [-0.4, -0.2) is 45.8 Å². The minimum Gasteiger partial charge on any atom is -0.367 e. The first-order valence-electron chi connectivity index (χ1n) is 10.4. The summed E-state index contributed by atoms with van der Waals surface area (Å²) in [5.41, 5.74) is 3.57. The highest BCUT2D eigenvalue weighted by Crippen LogP contribution is 2.27. The van der Waals surface area contributed by atoms with Gasteiger partial charge in [-0.1, -0.05) is 18.2 Å².